The summed E-state index contributed by atoms with van der Waals surface area (Å²) in [6.07, 6.45) is 0. The molecule has 0 aliphatic heterocycles. The molecule has 6 heteroatoms. The summed E-state index contributed by atoms with van der Waals surface area (Å²) in [4.78, 5) is 10.8. The topological polar surface area (TPSA) is 72.5 Å². The molecule has 19 heavy (non-hydrogen) atoms. The Morgan fingerprint density at radius 3 is 2.63 bits per heavy atom. The molecule has 2 rings (SSSR count). The molecule has 4 nitrogen and oxygen atoms in total. The molecule has 0 bridgehead atoms. The van der Waals surface area contributed by atoms with E-state index in [9.17, 15) is 4.79 Å². The fourth-order valence-electron chi connectivity index (χ4n) is 1.48. The molecule has 0 unspecified atom stereocenters. The first kappa shape index (κ1) is 13.7. The minimum absolute atomic E-state index is 0.0349. The van der Waals surface area contributed by atoms with Crippen molar-refractivity contribution < 1.29 is 14.6 Å². The van der Waals surface area contributed by atoms with Crippen LogP contribution in [0.25, 0.3) is 0 Å². The highest BCUT2D eigenvalue weighted by atomic mass is 79.9. The summed E-state index contributed by atoms with van der Waals surface area (Å²) in [6, 6.07) is 9.55. The van der Waals surface area contributed by atoms with Gasteiger partial charge in [-0.2, -0.15) is 0 Å². The van der Waals surface area contributed by atoms with Crippen molar-refractivity contribution in [3.05, 3.63) is 51.5 Å². The van der Waals surface area contributed by atoms with E-state index in [1.165, 1.54) is 18.2 Å². The number of nitrogens with two attached hydrogens (primary N) is 1. The summed E-state index contributed by atoms with van der Waals surface area (Å²) in [5.74, 6) is -0.203. The number of benzene rings is 2. The van der Waals surface area contributed by atoms with Gasteiger partial charge >= 0.3 is 5.97 Å². The number of rotatable bonds is 3. The average molecular weight is 343 g/mol. The summed E-state index contributed by atoms with van der Waals surface area (Å²) in [5, 5.41) is 9.33. The minimum atomic E-state index is -1.08. The van der Waals surface area contributed by atoms with Gasteiger partial charge in [0.15, 0.2) is 0 Å². The van der Waals surface area contributed by atoms with Crippen LogP contribution in [0.1, 0.15) is 10.4 Å². The second kappa shape index (κ2) is 5.50. The van der Waals surface area contributed by atoms with Crippen molar-refractivity contribution >= 4 is 39.2 Å². The highest BCUT2D eigenvalue weighted by molar-refractivity contribution is 9.10. The van der Waals surface area contributed by atoms with Crippen molar-refractivity contribution in [2.45, 2.75) is 0 Å². The van der Waals surface area contributed by atoms with Gasteiger partial charge in [-0.05, 0) is 30.3 Å². The molecule has 2 aromatic carbocycles. The Hall–Kier alpha value is -1.72. The normalized spacial score (nSPS) is 10.2. The zero-order chi connectivity index (χ0) is 14.0. The van der Waals surface area contributed by atoms with Gasteiger partial charge in [0.1, 0.15) is 11.5 Å². The second-order valence-corrected chi connectivity index (χ2v) is 5.05. The molecular formula is C13H9BrClNO3. The number of carboxylic acids is 1. The molecule has 0 saturated carbocycles. The summed E-state index contributed by atoms with van der Waals surface area (Å²) in [6.45, 7) is 0. The van der Waals surface area contributed by atoms with Crippen molar-refractivity contribution in [1.82, 2.24) is 0 Å². The molecular weight excluding hydrogens is 334 g/mol. The maximum absolute atomic E-state index is 10.8. The number of halogens is 2. The Labute approximate surface area is 122 Å². The van der Waals surface area contributed by atoms with E-state index in [4.69, 9.17) is 27.2 Å². The lowest BCUT2D eigenvalue weighted by atomic mass is 10.2. The number of carboxylic acid groups (broad SMARTS) is 1. The maximum Gasteiger partial charge on any atom is 0.337 e. The number of hydrogen-bond acceptors (Lipinski definition) is 3. The quantitative estimate of drug-likeness (QED) is 0.821. The Kier molecular flexibility index (Phi) is 3.97. The first-order chi connectivity index (χ1) is 8.97. The van der Waals surface area contributed by atoms with Gasteiger partial charge in [-0.15, -0.1) is 0 Å². The molecule has 0 radical (unpaired) electrons. The standard InChI is InChI=1S/C13H9BrClNO3/c14-7-1-4-10(15)12(5-7)19-8-2-3-9(13(17)18)11(16)6-8/h1-6H,16H2,(H,17,18). The van der Waals surface area contributed by atoms with Crippen LogP contribution < -0.4 is 10.5 Å². The summed E-state index contributed by atoms with van der Waals surface area (Å²) in [7, 11) is 0. The molecule has 0 amide bonds. The number of carbonyl (C=O) groups is 1. The Morgan fingerprint density at radius 2 is 2.00 bits per heavy atom. The third kappa shape index (κ3) is 3.19. The van der Waals surface area contributed by atoms with Crippen molar-refractivity contribution in [1.29, 1.82) is 0 Å². The lowest BCUT2D eigenvalue weighted by Gasteiger charge is -2.09. The second-order valence-electron chi connectivity index (χ2n) is 3.73. The zero-order valence-corrected chi connectivity index (χ0v) is 11.9. The Balaban J connectivity index is 2.31. The largest absolute Gasteiger partial charge is 0.478 e. The van der Waals surface area contributed by atoms with Crippen LogP contribution in [0.15, 0.2) is 40.9 Å². The number of nitrogen functional groups attached to an aromatic ring is 1. The first-order valence-electron chi connectivity index (χ1n) is 5.23. The number of aromatic carboxylic acids is 1. The fraction of sp³-hybridized carbons (Fsp3) is 0. The molecule has 0 spiro atoms. The SMILES string of the molecule is Nc1cc(Oc2cc(Br)ccc2Cl)ccc1C(=O)O. The van der Waals surface area contributed by atoms with E-state index in [-0.39, 0.29) is 11.3 Å². The van der Waals surface area contributed by atoms with Gasteiger partial charge in [0.05, 0.1) is 10.6 Å². The van der Waals surface area contributed by atoms with E-state index >= 15 is 0 Å². The van der Waals surface area contributed by atoms with E-state index in [2.05, 4.69) is 15.9 Å². The number of hydrogen-bond donors (Lipinski definition) is 2. The highest BCUT2D eigenvalue weighted by Crippen LogP contribution is 2.33. The maximum atomic E-state index is 10.8. The molecule has 2 aromatic rings. The molecule has 0 fully saturated rings. The van der Waals surface area contributed by atoms with Crippen LogP contribution in [0, 0.1) is 0 Å². The predicted molar refractivity (Wildman–Crippen MR) is 77.0 cm³/mol. The lowest BCUT2D eigenvalue weighted by molar-refractivity contribution is 0.0698. The molecule has 0 aliphatic carbocycles. The number of anilines is 1. The molecule has 0 heterocycles. The zero-order valence-electron chi connectivity index (χ0n) is 9.56. The monoisotopic (exact) mass is 341 g/mol. The summed E-state index contributed by atoms with van der Waals surface area (Å²) >= 11 is 9.31. The van der Waals surface area contributed by atoms with Crippen molar-refractivity contribution in [2.24, 2.45) is 0 Å². The number of ether oxygens (including phenoxy) is 1. The predicted octanol–water partition coefficient (Wildman–Crippen LogP) is 4.18. The van der Waals surface area contributed by atoms with Gasteiger partial charge in [0.2, 0.25) is 0 Å². The Morgan fingerprint density at radius 1 is 1.26 bits per heavy atom. The van der Waals surface area contributed by atoms with Crippen LogP contribution in [-0.2, 0) is 0 Å². The third-order valence-corrected chi connectivity index (χ3v) is 3.18. The minimum Gasteiger partial charge on any atom is -0.478 e. The molecule has 0 atom stereocenters. The van der Waals surface area contributed by atoms with Gasteiger partial charge in [0, 0.05) is 16.2 Å². The fourth-order valence-corrected chi connectivity index (χ4v) is 1.98. The van der Waals surface area contributed by atoms with Crippen LogP contribution in [0.2, 0.25) is 5.02 Å². The average Bonchev–Trinajstić information content (AvgIpc) is 2.33. The van der Waals surface area contributed by atoms with Crippen LogP contribution in [0.5, 0.6) is 11.5 Å². The Bertz CT molecular complexity index is 646. The highest BCUT2D eigenvalue weighted by Gasteiger charge is 2.10. The lowest BCUT2D eigenvalue weighted by Crippen LogP contribution is -2.02. The van der Waals surface area contributed by atoms with Gasteiger partial charge in [-0.3, -0.25) is 0 Å². The smallest absolute Gasteiger partial charge is 0.337 e. The summed E-state index contributed by atoms with van der Waals surface area (Å²) < 4.78 is 6.39. The molecule has 98 valence electrons. The van der Waals surface area contributed by atoms with E-state index in [1.807, 2.05) is 0 Å². The van der Waals surface area contributed by atoms with Crippen molar-refractivity contribution in [2.75, 3.05) is 5.73 Å². The summed E-state index contributed by atoms with van der Waals surface area (Å²) in [5.41, 5.74) is 5.81. The molecule has 0 aromatic heterocycles. The van der Waals surface area contributed by atoms with E-state index in [1.54, 1.807) is 18.2 Å². The molecule has 3 N–H and O–H groups in total. The molecule has 0 saturated heterocycles. The van der Waals surface area contributed by atoms with Crippen molar-refractivity contribution in [3.8, 4) is 11.5 Å². The van der Waals surface area contributed by atoms with Crippen LogP contribution in [-0.4, -0.2) is 11.1 Å². The van der Waals surface area contributed by atoms with E-state index < -0.39 is 5.97 Å². The van der Waals surface area contributed by atoms with E-state index in [0.29, 0.717) is 16.5 Å². The van der Waals surface area contributed by atoms with Gasteiger partial charge in [0.25, 0.3) is 0 Å². The van der Waals surface area contributed by atoms with Gasteiger partial charge in [-0.25, -0.2) is 4.79 Å². The van der Waals surface area contributed by atoms with Gasteiger partial charge in [-0.1, -0.05) is 27.5 Å². The first-order valence-corrected chi connectivity index (χ1v) is 6.40. The molecule has 0 aliphatic rings. The third-order valence-electron chi connectivity index (χ3n) is 2.37. The van der Waals surface area contributed by atoms with Crippen LogP contribution in [0.4, 0.5) is 5.69 Å². The van der Waals surface area contributed by atoms with Gasteiger partial charge < -0.3 is 15.6 Å². The van der Waals surface area contributed by atoms with Crippen LogP contribution in [0.3, 0.4) is 0 Å². The van der Waals surface area contributed by atoms with Crippen molar-refractivity contribution in [3.63, 3.8) is 0 Å². The van der Waals surface area contributed by atoms with Crippen LogP contribution >= 0.6 is 27.5 Å². The van der Waals surface area contributed by atoms with E-state index in [0.717, 1.165) is 4.47 Å².